The number of hydrogen-bond donors (Lipinski definition) is 0. The second-order valence-corrected chi connectivity index (χ2v) is 9.86. The largest absolute Gasteiger partial charge is 0.431 e. The van der Waals surface area contributed by atoms with Gasteiger partial charge in [0, 0.05) is 28.8 Å². The van der Waals surface area contributed by atoms with Crippen LogP contribution >= 0.6 is 0 Å². The maximum atomic E-state index is 11.4. The predicted molar refractivity (Wildman–Crippen MR) is 182 cm³/mol. The molecule has 0 radical (unpaired) electrons. The molecule has 2 aliphatic rings. The van der Waals surface area contributed by atoms with Crippen molar-refractivity contribution in [2.45, 2.75) is 24.9 Å². The number of hydrogen-bond acceptors (Lipinski definition) is 4. The van der Waals surface area contributed by atoms with Gasteiger partial charge in [-0.05, 0) is 78.6 Å². The maximum absolute atomic E-state index is 11.4. The fourth-order valence-corrected chi connectivity index (χ4v) is 5.12. The van der Waals surface area contributed by atoms with Gasteiger partial charge in [-0.3, -0.25) is 0 Å². The molecule has 0 fully saturated rings. The first-order valence-electron chi connectivity index (χ1n) is 14.3. The fraction of sp³-hybridized carbons (Fsp3) is 0.103. The number of rotatable bonds is 13. The Morgan fingerprint density at radius 1 is 0.674 bits per heavy atom. The van der Waals surface area contributed by atoms with E-state index in [-0.39, 0.29) is 12.1 Å². The molecular weight excluding hydrogens is 528 g/mol. The molecule has 0 N–H and O–H groups in total. The first-order valence-corrected chi connectivity index (χ1v) is 14.3. The van der Waals surface area contributed by atoms with Crippen LogP contribution in [0.25, 0.3) is 11.1 Å². The number of ether oxygens (including phenoxy) is 1. The topological polar surface area (TPSA) is 32.8 Å². The van der Waals surface area contributed by atoms with Crippen molar-refractivity contribution in [2.24, 2.45) is 0 Å². The van der Waals surface area contributed by atoms with Gasteiger partial charge < -0.3 is 14.5 Å². The number of allylic oxidation sites excluding steroid dienone is 10. The molecule has 0 spiro atoms. The quantitative estimate of drug-likeness (QED) is 0.105. The van der Waals surface area contributed by atoms with Gasteiger partial charge in [-0.2, -0.15) is 0 Å². The molecule has 4 heteroatoms. The summed E-state index contributed by atoms with van der Waals surface area (Å²) in [6.07, 6.45) is 32.3. The summed E-state index contributed by atoms with van der Waals surface area (Å²) < 4.78 is 4.99. The van der Waals surface area contributed by atoms with E-state index in [0.29, 0.717) is 0 Å². The van der Waals surface area contributed by atoms with Crippen molar-refractivity contribution in [3.8, 4) is 11.1 Å². The predicted octanol–water partition coefficient (Wildman–Crippen LogP) is 9.30. The summed E-state index contributed by atoms with van der Waals surface area (Å²) >= 11 is 0. The van der Waals surface area contributed by atoms with Crippen LogP contribution in [0, 0.1) is 0 Å². The smallest absolute Gasteiger partial charge is 0.334 e. The Morgan fingerprint density at radius 2 is 1.16 bits per heavy atom. The number of esters is 1. The second kappa shape index (κ2) is 15.6. The molecule has 2 aliphatic carbocycles. The van der Waals surface area contributed by atoms with Crippen molar-refractivity contribution in [1.82, 2.24) is 0 Å². The van der Waals surface area contributed by atoms with Gasteiger partial charge in [-0.15, -0.1) is 0 Å². The van der Waals surface area contributed by atoms with E-state index in [9.17, 15) is 4.79 Å². The third kappa shape index (κ3) is 7.90. The Balaban J connectivity index is 1.61. The highest BCUT2D eigenvalue weighted by atomic mass is 16.5. The van der Waals surface area contributed by atoms with Gasteiger partial charge in [0.15, 0.2) is 0 Å². The summed E-state index contributed by atoms with van der Waals surface area (Å²) in [6, 6.07) is 17.5. The third-order valence-corrected chi connectivity index (χ3v) is 7.16. The summed E-state index contributed by atoms with van der Waals surface area (Å²) in [5.41, 5.74) is 6.25. The van der Waals surface area contributed by atoms with Crippen LogP contribution in [0.3, 0.4) is 0 Å². The highest BCUT2D eigenvalue weighted by Crippen LogP contribution is 2.32. The lowest BCUT2D eigenvalue weighted by Gasteiger charge is -2.33. The molecule has 0 bridgehead atoms. The molecule has 0 heterocycles. The lowest BCUT2D eigenvalue weighted by molar-refractivity contribution is -0.132. The van der Waals surface area contributed by atoms with Gasteiger partial charge in [0.25, 0.3) is 0 Å². The Kier molecular flexibility index (Phi) is 11.1. The number of benzene rings is 2. The molecule has 0 saturated carbocycles. The lowest BCUT2D eigenvalue weighted by Crippen LogP contribution is -2.33. The monoisotopic (exact) mass is 566 g/mol. The number of anilines is 2. The van der Waals surface area contributed by atoms with Gasteiger partial charge in [0.05, 0.1) is 18.3 Å². The zero-order valence-electron chi connectivity index (χ0n) is 24.5. The summed E-state index contributed by atoms with van der Waals surface area (Å²) in [5.74, 6) is -0.504. The van der Waals surface area contributed by atoms with Crippen LogP contribution in [0.1, 0.15) is 12.8 Å². The van der Waals surface area contributed by atoms with Gasteiger partial charge in [-0.25, -0.2) is 4.79 Å². The van der Waals surface area contributed by atoms with Crippen molar-refractivity contribution < 1.29 is 9.53 Å². The molecule has 43 heavy (non-hydrogen) atoms. The van der Waals surface area contributed by atoms with E-state index in [1.165, 1.54) is 6.26 Å². The van der Waals surface area contributed by atoms with Crippen LogP contribution in [0.5, 0.6) is 0 Å². The van der Waals surface area contributed by atoms with Gasteiger partial charge in [-0.1, -0.05) is 105 Å². The van der Waals surface area contributed by atoms with E-state index in [0.717, 1.165) is 52.8 Å². The minimum Gasteiger partial charge on any atom is -0.431 e. The minimum absolute atomic E-state index is 0.112. The Hall–Kier alpha value is -5.35. The molecule has 2 atom stereocenters. The molecule has 2 aromatic rings. The molecule has 0 aromatic heterocycles. The second-order valence-electron chi connectivity index (χ2n) is 9.86. The molecule has 2 aromatic carbocycles. The third-order valence-electron chi connectivity index (χ3n) is 7.16. The van der Waals surface area contributed by atoms with Crippen LogP contribution in [-0.4, -0.2) is 18.1 Å². The number of carbonyl (C=O) groups excluding carboxylic acids is 1. The van der Waals surface area contributed by atoms with Crippen LogP contribution < -0.4 is 9.80 Å². The number of carbonyl (C=O) groups is 1. The highest BCUT2D eigenvalue weighted by Gasteiger charge is 2.21. The lowest BCUT2D eigenvalue weighted by atomic mass is 10.0. The summed E-state index contributed by atoms with van der Waals surface area (Å²) in [4.78, 5) is 15.9. The molecule has 0 aliphatic heterocycles. The van der Waals surface area contributed by atoms with Crippen LogP contribution in [-0.2, 0) is 9.53 Å². The first kappa shape index (κ1) is 30.6. The first-order chi connectivity index (χ1) is 21.1. The van der Waals surface area contributed by atoms with Crippen molar-refractivity contribution in [3.63, 3.8) is 0 Å². The number of nitrogens with zero attached hydrogens (tertiary/aromatic N) is 2. The minimum atomic E-state index is -0.504. The van der Waals surface area contributed by atoms with Gasteiger partial charge >= 0.3 is 5.97 Å². The summed E-state index contributed by atoms with van der Waals surface area (Å²) in [5, 5.41) is 0. The van der Waals surface area contributed by atoms with E-state index < -0.39 is 5.97 Å². The summed E-state index contributed by atoms with van der Waals surface area (Å²) in [7, 11) is 0. The zero-order valence-corrected chi connectivity index (χ0v) is 24.5. The molecule has 0 amide bonds. The van der Waals surface area contributed by atoms with E-state index in [4.69, 9.17) is 4.74 Å². The van der Waals surface area contributed by atoms with Crippen LogP contribution in [0.4, 0.5) is 11.4 Å². The average molecular weight is 567 g/mol. The Bertz CT molecular complexity index is 1530. The average Bonchev–Trinajstić information content (AvgIpc) is 3.07. The van der Waals surface area contributed by atoms with Crippen LogP contribution in [0.15, 0.2) is 184 Å². The Morgan fingerprint density at radius 3 is 1.56 bits per heavy atom. The van der Waals surface area contributed by atoms with E-state index >= 15 is 0 Å². The van der Waals surface area contributed by atoms with Crippen LogP contribution in [0.2, 0.25) is 0 Å². The normalized spacial score (nSPS) is 17.9. The van der Waals surface area contributed by atoms with Gasteiger partial charge in [0.1, 0.15) is 0 Å². The molecule has 4 nitrogen and oxygen atoms in total. The standard InChI is InChI=1S/C39H38N2O2/c1-5-16-33(6-2)40(35-17-11-9-12-18-35)37-26-22-31(23-27-37)32-24-28-38(29-25-32)41(36-19-13-10-14-20-36)34(7-3)21-15-30-43-39(42)8-4/h5-17,19,21-30,35-36H,1-4,18,20H2/b30-15+,33-16+,34-21+. The molecule has 0 saturated heterocycles. The van der Waals surface area contributed by atoms with E-state index in [1.807, 2.05) is 18.2 Å². The fourth-order valence-electron chi connectivity index (χ4n) is 5.12. The molecule has 216 valence electrons. The Labute approximate surface area is 256 Å². The molecule has 4 rings (SSSR count). The maximum Gasteiger partial charge on any atom is 0.334 e. The molecule has 2 unspecified atom stereocenters. The van der Waals surface area contributed by atoms with E-state index in [2.05, 4.69) is 133 Å². The zero-order chi connectivity index (χ0) is 30.4. The van der Waals surface area contributed by atoms with Crippen molar-refractivity contribution in [2.75, 3.05) is 9.80 Å². The van der Waals surface area contributed by atoms with Gasteiger partial charge in [0.2, 0.25) is 0 Å². The molecular formula is C39H38N2O2. The SMILES string of the molecule is C=C/C=C(\C=C)N(c1ccc(-c2ccc(N(/C(C=C)=C/C=C/OC(=O)C=C)C3C=CC=CC3)cc2)cc1)C1C=CC=CC1. The van der Waals surface area contributed by atoms with E-state index in [1.54, 1.807) is 18.2 Å². The van der Waals surface area contributed by atoms with Crippen molar-refractivity contribution in [1.29, 1.82) is 0 Å². The highest BCUT2D eigenvalue weighted by molar-refractivity contribution is 5.81. The van der Waals surface area contributed by atoms with Crippen molar-refractivity contribution in [3.05, 3.63) is 184 Å². The summed E-state index contributed by atoms with van der Waals surface area (Å²) in [6.45, 7) is 15.4. The van der Waals surface area contributed by atoms with Crippen molar-refractivity contribution >= 4 is 17.3 Å².